The van der Waals surface area contributed by atoms with Crippen LogP contribution in [0.25, 0.3) is 0 Å². The summed E-state index contributed by atoms with van der Waals surface area (Å²) in [4.78, 5) is 12.7. The number of urea groups is 1. The molecule has 0 unspecified atom stereocenters. The van der Waals surface area contributed by atoms with E-state index in [1.54, 1.807) is 7.11 Å². The summed E-state index contributed by atoms with van der Waals surface area (Å²) < 4.78 is 16.2. The first-order chi connectivity index (χ1) is 14.7. The Labute approximate surface area is 177 Å². The Balaban J connectivity index is 1.44. The summed E-state index contributed by atoms with van der Waals surface area (Å²) in [7, 11) is 1.66. The number of fused-ring (bicyclic) bond motifs is 1. The molecular weight excluding hydrogens is 380 g/mol. The molecule has 1 atom stereocenters. The van der Waals surface area contributed by atoms with Gasteiger partial charge < -0.3 is 24.8 Å². The van der Waals surface area contributed by atoms with E-state index < -0.39 is 0 Å². The van der Waals surface area contributed by atoms with Crippen LogP contribution in [-0.4, -0.2) is 32.0 Å². The van der Waals surface area contributed by atoms with Crippen molar-refractivity contribution in [2.75, 3.05) is 13.9 Å². The van der Waals surface area contributed by atoms with Crippen LogP contribution in [0.4, 0.5) is 4.79 Å². The minimum absolute atomic E-state index is 0.0395. The molecule has 0 radical (unpaired) electrons. The Kier molecular flexibility index (Phi) is 6.62. The summed E-state index contributed by atoms with van der Waals surface area (Å²) in [5, 5.41) is 6.37. The fourth-order valence-corrected chi connectivity index (χ4v) is 4.23. The molecule has 2 amide bonds. The van der Waals surface area contributed by atoms with Crippen LogP contribution in [0, 0.1) is 0 Å². The lowest BCUT2D eigenvalue weighted by molar-refractivity contribution is 0.174. The van der Waals surface area contributed by atoms with Crippen LogP contribution in [0.5, 0.6) is 17.2 Å². The lowest BCUT2D eigenvalue weighted by Gasteiger charge is -2.25. The van der Waals surface area contributed by atoms with Gasteiger partial charge in [-0.15, -0.1) is 0 Å². The number of carbonyl (C=O) groups excluding carboxylic acids is 1. The molecule has 2 aliphatic rings. The van der Waals surface area contributed by atoms with Gasteiger partial charge in [0.2, 0.25) is 6.79 Å². The Bertz CT molecular complexity index is 847. The van der Waals surface area contributed by atoms with Gasteiger partial charge in [-0.3, -0.25) is 0 Å². The summed E-state index contributed by atoms with van der Waals surface area (Å²) in [6, 6.07) is 14.1. The molecule has 0 aromatic heterocycles. The largest absolute Gasteiger partial charge is 0.497 e. The van der Waals surface area contributed by atoms with Crippen LogP contribution >= 0.6 is 0 Å². The Hall–Kier alpha value is -2.89. The van der Waals surface area contributed by atoms with Crippen LogP contribution < -0.4 is 24.8 Å². The molecule has 30 heavy (non-hydrogen) atoms. The molecule has 0 saturated heterocycles. The van der Waals surface area contributed by atoms with Crippen LogP contribution in [-0.2, 0) is 12.8 Å². The van der Waals surface area contributed by atoms with E-state index in [2.05, 4.69) is 10.6 Å². The Morgan fingerprint density at radius 1 is 1.00 bits per heavy atom. The second-order valence-corrected chi connectivity index (χ2v) is 8.09. The van der Waals surface area contributed by atoms with Crippen molar-refractivity contribution in [2.45, 2.75) is 57.0 Å². The Morgan fingerprint density at radius 3 is 2.47 bits per heavy atom. The zero-order valence-electron chi connectivity index (χ0n) is 17.5. The third-order valence-electron chi connectivity index (χ3n) is 5.84. The SMILES string of the molecule is COc1ccc(C[C@H](Cc2ccc3c(c2)OCO3)NC(=O)NC2CCCCC2)cc1. The second kappa shape index (κ2) is 9.74. The highest BCUT2D eigenvalue weighted by molar-refractivity contribution is 5.74. The fraction of sp³-hybridized carbons (Fsp3) is 0.458. The molecule has 4 rings (SSSR count). The van der Waals surface area contributed by atoms with Crippen molar-refractivity contribution < 1.29 is 19.0 Å². The van der Waals surface area contributed by atoms with Gasteiger partial charge in [0, 0.05) is 12.1 Å². The summed E-state index contributed by atoms with van der Waals surface area (Å²) in [5.41, 5.74) is 2.26. The van der Waals surface area contributed by atoms with Crippen LogP contribution in [0.3, 0.4) is 0 Å². The molecule has 2 N–H and O–H groups in total. The van der Waals surface area contributed by atoms with Crippen LogP contribution in [0.1, 0.15) is 43.2 Å². The van der Waals surface area contributed by atoms with Crippen LogP contribution in [0.15, 0.2) is 42.5 Å². The third kappa shape index (κ3) is 5.38. The quantitative estimate of drug-likeness (QED) is 0.718. The van der Waals surface area contributed by atoms with Gasteiger partial charge in [0.1, 0.15) is 5.75 Å². The number of nitrogens with one attached hydrogen (secondary N) is 2. The van der Waals surface area contributed by atoms with Crippen molar-refractivity contribution in [1.82, 2.24) is 10.6 Å². The van der Waals surface area contributed by atoms with Crippen molar-refractivity contribution in [3.8, 4) is 17.2 Å². The molecule has 1 aliphatic heterocycles. The minimum Gasteiger partial charge on any atom is -0.497 e. The molecule has 1 aliphatic carbocycles. The number of ether oxygens (including phenoxy) is 3. The van der Waals surface area contributed by atoms with Crippen LogP contribution in [0.2, 0.25) is 0 Å². The molecule has 1 saturated carbocycles. The van der Waals surface area contributed by atoms with Crippen molar-refractivity contribution >= 4 is 6.03 Å². The number of methoxy groups -OCH3 is 1. The number of hydrogen-bond donors (Lipinski definition) is 2. The smallest absolute Gasteiger partial charge is 0.315 e. The lowest BCUT2D eigenvalue weighted by Crippen LogP contribution is -2.48. The highest BCUT2D eigenvalue weighted by atomic mass is 16.7. The van der Waals surface area contributed by atoms with Crippen molar-refractivity contribution in [3.05, 3.63) is 53.6 Å². The zero-order chi connectivity index (χ0) is 20.8. The van der Waals surface area contributed by atoms with E-state index in [1.807, 2.05) is 42.5 Å². The Morgan fingerprint density at radius 2 is 1.70 bits per heavy atom. The van der Waals surface area contributed by atoms with Gasteiger partial charge in [-0.25, -0.2) is 4.79 Å². The topological polar surface area (TPSA) is 68.8 Å². The average molecular weight is 411 g/mol. The van der Waals surface area contributed by atoms with Gasteiger partial charge >= 0.3 is 6.03 Å². The first-order valence-corrected chi connectivity index (χ1v) is 10.8. The highest BCUT2D eigenvalue weighted by Crippen LogP contribution is 2.33. The number of carbonyl (C=O) groups is 1. The number of amides is 2. The summed E-state index contributed by atoms with van der Waals surface area (Å²) in [6.07, 6.45) is 7.23. The average Bonchev–Trinajstić information content (AvgIpc) is 3.23. The fourth-order valence-electron chi connectivity index (χ4n) is 4.23. The van der Waals surface area contributed by atoms with Gasteiger partial charge in [0.25, 0.3) is 0 Å². The first-order valence-electron chi connectivity index (χ1n) is 10.8. The maximum Gasteiger partial charge on any atom is 0.315 e. The molecule has 1 fully saturated rings. The molecule has 2 aromatic rings. The zero-order valence-corrected chi connectivity index (χ0v) is 17.5. The molecule has 2 aromatic carbocycles. The predicted molar refractivity (Wildman–Crippen MR) is 115 cm³/mol. The highest BCUT2D eigenvalue weighted by Gasteiger charge is 2.20. The van der Waals surface area contributed by atoms with E-state index in [0.29, 0.717) is 6.42 Å². The van der Waals surface area contributed by atoms with Gasteiger partial charge in [0.05, 0.1) is 7.11 Å². The maximum absolute atomic E-state index is 12.7. The monoisotopic (exact) mass is 410 g/mol. The molecular formula is C24H30N2O4. The predicted octanol–water partition coefficient (Wildman–Crippen LogP) is 4.21. The molecule has 0 spiro atoms. The standard InChI is InChI=1S/C24H30N2O4/c1-28-21-10-7-17(8-11-21)13-20(26-24(27)25-19-5-3-2-4-6-19)14-18-9-12-22-23(15-18)30-16-29-22/h7-12,15,19-20H,2-6,13-14,16H2,1H3,(H2,25,26,27)/t20-/m1/s1. The van der Waals surface area contributed by atoms with Gasteiger partial charge in [-0.2, -0.15) is 0 Å². The number of rotatable bonds is 7. The molecule has 1 heterocycles. The third-order valence-corrected chi connectivity index (χ3v) is 5.84. The molecule has 6 nitrogen and oxygen atoms in total. The van der Waals surface area contributed by atoms with E-state index in [4.69, 9.17) is 14.2 Å². The normalized spacial score (nSPS) is 16.7. The van der Waals surface area contributed by atoms with Gasteiger partial charge in [-0.1, -0.05) is 37.5 Å². The summed E-state index contributed by atoms with van der Waals surface area (Å²) >= 11 is 0. The molecule has 160 valence electrons. The molecule has 0 bridgehead atoms. The van der Waals surface area contributed by atoms with E-state index in [-0.39, 0.29) is 24.9 Å². The number of benzene rings is 2. The van der Waals surface area contributed by atoms with E-state index in [9.17, 15) is 4.79 Å². The summed E-state index contributed by atoms with van der Waals surface area (Å²) in [6.45, 7) is 0.260. The maximum atomic E-state index is 12.7. The van der Waals surface area contributed by atoms with E-state index in [0.717, 1.165) is 47.6 Å². The molecule has 6 heteroatoms. The minimum atomic E-state index is -0.0823. The first kappa shape index (κ1) is 20.4. The van der Waals surface area contributed by atoms with Crippen molar-refractivity contribution in [1.29, 1.82) is 0 Å². The van der Waals surface area contributed by atoms with E-state index >= 15 is 0 Å². The van der Waals surface area contributed by atoms with Gasteiger partial charge in [0.15, 0.2) is 11.5 Å². The van der Waals surface area contributed by atoms with Crippen molar-refractivity contribution in [2.24, 2.45) is 0 Å². The van der Waals surface area contributed by atoms with Crippen molar-refractivity contribution in [3.63, 3.8) is 0 Å². The summed E-state index contributed by atoms with van der Waals surface area (Å²) in [5.74, 6) is 2.37. The van der Waals surface area contributed by atoms with Gasteiger partial charge in [-0.05, 0) is 61.1 Å². The second-order valence-electron chi connectivity index (χ2n) is 8.09. The van der Waals surface area contributed by atoms with E-state index in [1.165, 1.54) is 19.3 Å². The lowest BCUT2D eigenvalue weighted by atomic mass is 9.95. The number of hydrogen-bond acceptors (Lipinski definition) is 4.